The quantitative estimate of drug-likeness (QED) is 0.695. The first-order valence-electron chi connectivity index (χ1n) is 3.18. The van der Waals surface area contributed by atoms with E-state index in [2.05, 4.69) is 0 Å². The molecule has 0 spiro atoms. The molecule has 0 aliphatic rings. The SMILES string of the molecule is O=C(O)c1cccc(C(=O)O)c1.[Na].[Na].[Na].[Na].[Na]. The Bertz CT molecular complexity index is 315. The van der Waals surface area contributed by atoms with E-state index in [0.29, 0.717) is 0 Å². The molecule has 0 aliphatic heterocycles. The normalized spacial score (nSPS) is 6.59. The molecule has 17 heavy (non-hydrogen) atoms. The van der Waals surface area contributed by atoms with E-state index in [0.717, 1.165) is 6.07 Å². The predicted molar refractivity (Wildman–Crippen MR) is 69.1 cm³/mol. The molecular formula is C8H6Na5O4. The third-order valence-corrected chi connectivity index (χ3v) is 1.36. The van der Waals surface area contributed by atoms with Crippen LogP contribution in [-0.2, 0) is 0 Å². The summed E-state index contributed by atoms with van der Waals surface area (Å²) < 4.78 is 0. The molecule has 67 valence electrons. The smallest absolute Gasteiger partial charge is 0.335 e. The van der Waals surface area contributed by atoms with Crippen LogP contribution in [-0.4, -0.2) is 170 Å². The molecule has 0 saturated carbocycles. The minimum atomic E-state index is -1.13. The van der Waals surface area contributed by atoms with Crippen molar-refractivity contribution < 1.29 is 19.8 Å². The minimum absolute atomic E-state index is 0. The second-order valence-corrected chi connectivity index (χ2v) is 2.19. The Morgan fingerprint density at radius 3 is 1.29 bits per heavy atom. The van der Waals surface area contributed by atoms with Crippen LogP contribution in [0, 0.1) is 0 Å². The fourth-order valence-electron chi connectivity index (χ4n) is 0.785. The largest absolute Gasteiger partial charge is 0.478 e. The van der Waals surface area contributed by atoms with E-state index in [-0.39, 0.29) is 159 Å². The molecule has 0 saturated heterocycles. The fourth-order valence-corrected chi connectivity index (χ4v) is 0.785. The van der Waals surface area contributed by atoms with E-state index < -0.39 is 11.9 Å². The van der Waals surface area contributed by atoms with Crippen LogP contribution >= 0.6 is 0 Å². The third kappa shape index (κ3) is 12.6. The standard InChI is InChI=1S/C8H6O4.5Na/c9-7(10)5-2-1-3-6(4-5)8(11)12;;;;;/h1-4H,(H,9,10)(H,11,12);;;;;. The summed E-state index contributed by atoms with van der Waals surface area (Å²) in [7, 11) is 0. The number of rotatable bonds is 2. The zero-order chi connectivity index (χ0) is 9.14. The van der Waals surface area contributed by atoms with Gasteiger partial charge in [0.25, 0.3) is 0 Å². The maximum Gasteiger partial charge on any atom is 0.335 e. The van der Waals surface area contributed by atoms with E-state index in [1.807, 2.05) is 0 Å². The van der Waals surface area contributed by atoms with E-state index in [9.17, 15) is 9.59 Å². The molecule has 0 aromatic heterocycles. The van der Waals surface area contributed by atoms with Gasteiger partial charge in [0.2, 0.25) is 0 Å². The van der Waals surface area contributed by atoms with Gasteiger partial charge in [0.05, 0.1) is 11.1 Å². The van der Waals surface area contributed by atoms with Gasteiger partial charge in [0.1, 0.15) is 0 Å². The summed E-state index contributed by atoms with van der Waals surface area (Å²) in [5, 5.41) is 17.0. The van der Waals surface area contributed by atoms with E-state index >= 15 is 0 Å². The molecule has 0 amide bonds. The Morgan fingerprint density at radius 1 is 0.765 bits per heavy atom. The molecule has 0 fully saturated rings. The second kappa shape index (κ2) is 17.2. The van der Waals surface area contributed by atoms with Crippen LogP contribution in [0.1, 0.15) is 20.7 Å². The molecule has 5 radical (unpaired) electrons. The van der Waals surface area contributed by atoms with Crippen molar-refractivity contribution in [3.63, 3.8) is 0 Å². The van der Waals surface area contributed by atoms with Crippen LogP contribution in [0.3, 0.4) is 0 Å². The minimum Gasteiger partial charge on any atom is -0.478 e. The molecule has 1 aromatic rings. The first-order valence-corrected chi connectivity index (χ1v) is 3.18. The van der Waals surface area contributed by atoms with Crippen molar-refractivity contribution in [2.45, 2.75) is 0 Å². The number of carboxylic acid groups (broad SMARTS) is 2. The van der Waals surface area contributed by atoms with Crippen molar-refractivity contribution in [2.75, 3.05) is 0 Å². The molecular weight excluding hydrogens is 275 g/mol. The Labute approximate surface area is 210 Å². The fraction of sp³-hybridized carbons (Fsp3) is 0. The van der Waals surface area contributed by atoms with Crippen molar-refractivity contribution in [3.8, 4) is 0 Å². The van der Waals surface area contributed by atoms with Crippen molar-refractivity contribution >= 4 is 160 Å². The summed E-state index contributed by atoms with van der Waals surface area (Å²) in [6.07, 6.45) is 0. The number of hydrogen-bond donors (Lipinski definition) is 2. The first-order chi connectivity index (χ1) is 5.61. The summed E-state index contributed by atoms with van der Waals surface area (Å²) in [4.78, 5) is 20.8. The van der Waals surface area contributed by atoms with Gasteiger partial charge in [-0.3, -0.25) is 0 Å². The Balaban J connectivity index is -0.0000000960. The van der Waals surface area contributed by atoms with Gasteiger partial charge in [-0.25, -0.2) is 9.59 Å². The molecule has 1 rings (SSSR count). The van der Waals surface area contributed by atoms with Gasteiger partial charge < -0.3 is 10.2 Å². The molecule has 0 unspecified atom stereocenters. The topological polar surface area (TPSA) is 74.6 Å². The van der Waals surface area contributed by atoms with Gasteiger partial charge in [-0.05, 0) is 18.2 Å². The Hall–Kier alpha value is 3.16. The number of carbonyl (C=O) groups is 2. The molecule has 0 bridgehead atoms. The molecule has 0 atom stereocenters. The number of hydrogen-bond acceptors (Lipinski definition) is 2. The van der Waals surface area contributed by atoms with Crippen LogP contribution in [0.2, 0.25) is 0 Å². The summed E-state index contributed by atoms with van der Waals surface area (Å²) in [5.74, 6) is -2.25. The summed E-state index contributed by atoms with van der Waals surface area (Å²) in [6.45, 7) is 0. The number of carboxylic acids is 2. The van der Waals surface area contributed by atoms with Crippen LogP contribution in [0.5, 0.6) is 0 Å². The predicted octanol–water partition coefficient (Wildman–Crippen LogP) is -0.821. The van der Waals surface area contributed by atoms with Crippen LogP contribution < -0.4 is 0 Å². The molecule has 0 heterocycles. The summed E-state index contributed by atoms with van der Waals surface area (Å²) >= 11 is 0. The summed E-state index contributed by atoms with van der Waals surface area (Å²) in [6, 6.07) is 5.20. The maximum atomic E-state index is 10.4. The zero-order valence-electron chi connectivity index (χ0n) is 11.0. The van der Waals surface area contributed by atoms with Crippen LogP contribution in [0.4, 0.5) is 0 Å². The molecule has 1 aromatic carbocycles. The van der Waals surface area contributed by atoms with Crippen molar-refractivity contribution in [2.24, 2.45) is 0 Å². The van der Waals surface area contributed by atoms with Crippen molar-refractivity contribution in [1.29, 1.82) is 0 Å². The molecule has 9 heteroatoms. The number of benzene rings is 1. The zero-order valence-corrected chi connectivity index (χ0v) is 21.0. The van der Waals surface area contributed by atoms with Gasteiger partial charge in [-0.1, -0.05) is 6.07 Å². The average molecular weight is 281 g/mol. The van der Waals surface area contributed by atoms with Crippen molar-refractivity contribution in [1.82, 2.24) is 0 Å². The summed E-state index contributed by atoms with van der Waals surface area (Å²) in [5.41, 5.74) is -0.0372. The maximum absolute atomic E-state index is 10.4. The Morgan fingerprint density at radius 2 is 1.06 bits per heavy atom. The van der Waals surface area contributed by atoms with E-state index in [1.54, 1.807) is 0 Å². The van der Waals surface area contributed by atoms with Gasteiger partial charge in [0.15, 0.2) is 0 Å². The van der Waals surface area contributed by atoms with Gasteiger partial charge >= 0.3 is 11.9 Å². The van der Waals surface area contributed by atoms with E-state index in [1.165, 1.54) is 18.2 Å². The second-order valence-electron chi connectivity index (χ2n) is 2.19. The molecule has 0 aliphatic carbocycles. The van der Waals surface area contributed by atoms with Gasteiger partial charge in [-0.2, -0.15) is 0 Å². The average Bonchev–Trinajstić information content (AvgIpc) is 2.04. The van der Waals surface area contributed by atoms with Crippen LogP contribution in [0.25, 0.3) is 0 Å². The van der Waals surface area contributed by atoms with Crippen LogP contribution in [0.15, 0.2) is 24.3 Å². The first kappa shape index (κ1) is 32.2. The Kier molecular flexibility index (Phi) is 32.6. The molecule has 4 nitrogen and oxygen atoms in total. The number of aromatic carboxylic acids is 2. The van der Waals surface area contributed by atoms with Gasteiger partial charge in [-0.15, -0.1) is 0 Å². The van der Waals surface area contributed by atoms with Crippen molar-refractivity contribution in [3.05, 3.63) is 35.4 Å². The van der Waals surface area contributed by atoms with E-state index in [4.69, 9.17) is 10.2 Å². The molecule has 2 N–H and O–H groups in total. The van der Waals surface area contributed by atoms with Gasteiger partial charge in [0, 0.05) is 148 Å². The monoisotopic (exact) mass is 281 g/mol. The third-order valence-electron chi connectivity index (χ3n) is 1.36.